The fourth-order valence-electron chi connectivity index (χ4n) is 2.02. The summed E-state index contributed by atoms with van der Waals surface area (Å²) < 4.78 is 53.3. The fraction of sp³-hybridized carbons (Fsp3) is 0.188. The van der Waals surface area contributed by atoms with Gasteiger partial charge in [-0.15, -0.1) is 0 Å². The Morgan fingerprint density at radius 2 is 1.85 bits per heavy atom. The Hall–Kier alpha value is -2.39. The normalized spacial score (nSPS) is 11.3. The van der Waals surface area contributed by atoms with Crippen molar-refractivity contribution in [2.45, 2.75) is 13.2 Å². The first kappa shape index (κ1) is 19.9. The van der Waals surface area contributed by atoms with Gasteiger partial charge < -0.3 is 10.1 Å². The van der Waals surface area contributed by atoms with Gasteiger partial charge in [-0.1, -0.05) is 23.7 Å². The Bertz CT molecular complexity index is 890. The molecule has 0 fully saturated rings. The highest BCUT2D eigenvalue weighted by Gasteiger charge is 2.12. The highest BCUT2D eigenvalue weighted by Crippen LogP contribution is 2.24. The summed E-state index contributed by atoms with van der Waals surface area (Å²) in [5.41, 5.74) is 0.969. The number of hydrogen-bond donors (Lipinski definition) is 2. The number of hydrogen-bond acceptors (Lipinski definition) is 4. The Morgan fingerprint density at radius 3 is 2.42 bits per heavy atom. The Labute approximate surface area is 154 Å². The Kier molecular flexibility index (Phi) is 6.38. The monoisotopic (exact) mass is 404 g/mol. The van der Waals surface area contributed by atoms with Crippen LogP contribution in [0.3, 0.4) is 0 Å². The smallest absolute Gasteiger partial charge is 0.387 e. The third kappa shape index (κ3) is 6.16. The number of nitrogens with one attached hydrogen (secondary N) is 2. The van der Waals surface area contributed by atoms with Gasteiger partial charge in [0.25, 0.3) is 5.91 Å². The number of ether oxygens (including phenoxy) is 1. The van der Waals surface area contributed by atoms with Gasteiger partial charge in [0.1, 0.15) is 5.75 Å². The van der Waals surface area contributed by atoms with E-state index >= 15 is 0 Å². The van der Waals surface area contributed by atoms with Crippen molar-refractivity contribution in [3.8, 4) is 5.75 Å². The third-order valence-corrected chi connectivity index (χ3v) is 4.05. The maximum Gasteiger partial charge on any atom is 0.387 e. The number of halogens is 3. The van der Waals surface area contributed by atoms with Gasteiger partial charge in [0.05, 0.1) is 17.0 Å². The molecule has 0 atom stereocenters. The van der Waals surface area contributed by atoms with E-state index in [4.69, 9.17) is 11.6 Å². The molecule has 0 aliphatic rings. The van der Waals surface area contributed by atoms with Gasteiger partial charge in [0.2, 0.25) is 10.0 Å². The molecule has 2 N–H and O–H groups in total. The first-order valence-electron chi connectivity index (χ1n) is 7.23. The number of carbonyl (C=O) groups is 1. The molecular weight excluding hydrogens is 390 g/mol. The summed E-state index contributed by atoms with van der Waals surface area (Å²) in [5, 5.41) is 2.79. The van der Waals surface area contributed by atoms with Crippen LogP contribution in [0, 0.1) is 0 Å². The molecule has 0 saturated carbocycles. The van der Waals surface area contributed by atoms with Crippen molar-refractivity contribution in [3.05, 3.63) is 58.6 Å². The van der Waals surface area contributed by atoms with Gasteiger partial charge in [0, 0.05) is 12.1 Å². The lowest BCUT2D eigenvalue weighted by atomic mass is 10.1. The molecule has 0 aromatic heterocycles. The summed E-state index contributed by atoms with van der Waals surface area (Å²) in [4.78, 5) is 12.2. The largest absolute Gasteiger partial charge is 0.435 e. The van der Waals surface area contributed by atoms with E-state index in [2.05, 4.69) is 14.8 Å². The van der Waals surface area contributed by atoms with E-state index in [0.717, 1.165) is 6.26 Å². The maximum atomic E-state index is 12.2. The van der Waals surface area contributed by atoms with Crippen LogP contribution in [0.1, 0.15) is 15.9 Å². The summed E-state index contributed by atoms with van der Waals surface area (Å²) in [6.45, 7) is -2.76. The first-order chi connectivity index (χ1) is 12.1. The van der Waals surface area contributed by atoms with E-state index < -0.39 is 22.5 Å². The minimum Gasteiger partial charge on any atom is -0.435 e. The van der Waals surface area contributed by atoms with Gasteiger partial charge in [-0.3, -0.25) is 9.52 Å². The van der Waals surface area contributed by atoms with Crippen LogP contribution in [-0.4, -0.2) is 27.2 Å². The van der Waals surface area contributed by atoms with Gasteiger partial charge >= 0.3 is 6.61 Å². The molecule has 2 aromatic carbocycles. The molecule has 0 aliphatic carbocycles. The standard InChI is InChI=1S/C16H15ClF2N2O4S/c1-26(23,24)21-14-8-11(4-7-13(14)17)15(22)20-9-10-2-5-12(6-3-10)25-16(18)19/h2-8,16,21H,9H2,1H3,(H,20,22). The molecular formula is C16H15ClF2N2O4S. The van der Waals surface area contributed by atoms with Crippen molar-refractivity contribution in [3.63, 3.8) is 0 Å². The second-order valence-electron chi connectivity index (χ2n) is 5.27. The summed E-state index contributed by atoms with van der Waals surface area (Å²) in [6.07, 6.45) is 0.970. The van der Waals surface area contributed by atoms with Crippen LogP contribution in [0.2, 0.25) is 5.02 Å². The Morgan fingerprint density at radius 1 is 1.19 bits per heavy atom. The summed E-state index contributed by atoms with van der Waals surface area (Å²) in [6, 6.07) is 9.98. The van der Waals surface area contributed by atoms with Crippen LogP contribution in [0.15, 0.2) is 42.5 Å². The number of sulfonamides is 1. The highest BCUT2D eigenvalue weighted by atomic mass is 35.5. The molecule has 1 amide bonds. The molecule has 2 rings (SSSR count). The zero-order valence-corrected chi connectivity index (χ0v) is 15.1. The van der Waals surface area contributed by atoms with Crippen LogP contribution >= 0.6 is 11.6 Å². The minimum absolute atomic E-state index is 0.0178. The average molecular weight is 405 g/mol. The number of benzene rings is 2. The van der Waals surface area contributed by atoms with E-state index in [-0.39, 0.29) is 28.6 Å². The molecule has 26 heavy (non-hydrogen) atoms. The maximum absolute atomic E-state index is 12.2. The van der Waals surface area contributed by atoms with Crippen molar-refractivity contribution < 1.29 is 26.7 Å². The second kappa shape index (κ2) is 8.33. The molecule has 0 saturated heterocycles. The van der Waals surface area contributed by atoms with Crippen LogP contribution in [0.4, 0.5) is 14.5 Å². The van der Waals surface area contributed by atoms with Gasteiger partial charge in [-0.25, -0.2) is 8.42 Å². The van der Waals surface area contributed by atoms with E-state index in [1.54, 1.807) is 0 Å². The third-order valence-electron chi connectivity index (χ3n) is 3.13. The lowest BCUT2D eigenvalue weighted by Crippen LogP contribution is -2.23. The molecule has 0 aliphatic heterocycles. The Balaban J connectivity index is 2.02. The lowest BCUT2D eigenvalue weighted by molar-refractivity contribution is -0.0498. The topological polar surface area (TPSA) is 84.5 Å². The van der Waals surface area contributed by atoms with Gasteiger partial charge in [-0.2, -0.15) is 8.78 Å². The van der Waals surface area contributed by atoms with E-state index in [1.165, 1.54) is 42.5 Å². The predicted molar refractivity (Wildman–Crippen MR) is 94.2 cm³/mol. The number of anilines is 1. The average Bonchev–Trinajstić information content (AvgIpc) is 2.54. The molecule has 140 valence electrons. The van der Waals surface area contributed by atoms with Crippen molar-refractivity contribution in [1.82, 2.24) is 5.32 Å². The van der Waals surface area contributed by atoms with Crippen LogP contribution in [0.5, 0.6) is 5.75 Å². The summed E-state index contributed by atoms with van der Waals surface area (Å²) in [7, 11) is -3.54. The number of rotatable bonds is 7. The van der Waals surface area contributed by atoms with Crippen LogP contribution in [-0.2, 0) is 16.6 Å². The molecule has 0 bridgehead atoms. The SMILES string of the molecule is CS(=O)(=O)Nc1cc(C(=O)NCc2ccc(OC(F)F)cc2)ccc1Cl. The van der Waals surface area contributed by atoms with Gasteiger partial charge in [0.15, 0.2) is 0 Å². The fourth-order valence-corrected chi connectivity index (χ4v) is 2.81. The van der Waals surface area contributed by atoms with Crippen molar-refractivity contribution >= 4 is 33.2 Å². The second-order valence-corrected chi connectivity index (χ2v) is 7.43. The van der Waals surface area contributed by atoms with Crippen molar-refractivity contribution in [2.24, 2.45) is 0 Å². The first-order valence-corrected chi connectivity index (χ1v) is 9.50. The van der Waals surface area contributed by atoms with Crippen molar-refractivity contribution in [1.29, 1.82) is 0 Å². The molecule has 0 heterocycles. The molecule has 6 nitrogen and oxygen atoms in total. The van der Waals surface area contributed by atoms with Crippen molar-refractivity contribution in [2.75, 3.05) is 11.0 Å². The van der Waals surface area contributed by atoms with E-state index in [9.17, 15) is 22.0 Å². The van der Waals surface area contributed by atoms with E-state index in [1.807, 2.05) is 0 Å². The molecule has 2 aromatic rings. The lowest BCUT2D eigenvalue weighted by Gasteiger charge is -2.10. The quantitative estimate of drug-likeness (QED) is 0.742. The van der Waals surface area contributed by atoms with Gasteiger partial charge in [-0.05, 0) is 35.9 Å². The summed E-state index contributed by atoms with van der Waals surface area (Å²) >= 11 is 5.91. The zero-order chi connectivity index (χ0) is 19.3. The molecule has 10 heteroatoms. The molecule has 0 unspecified atom stereocenters. The predicted octanol–water partition coefficient (Wildman–Crippen LogP) is 3.24. The molecule has 0 radical (unpaired) electrons. The van der Waals surface area contributed by atoms with E-state index in [0.29, 0.717) is 5.56 Å². The minimum atomic E-state index is -3.54. The highest BCUT2D eigenvalue weighted by molar-refractivity contribution is 7.92. The number of amides is 1. The van der Waals surface area contributed by atoms with Crippen LogP contribution < -0.4 is 14.8 Å². The van der Waals surface area contributed by atoms with Crippen LogP contribution in [0.25, 0.3) is 0 Å². The molecule has 0 spiro atoms. The zero-order valence-electron chi connectivity index (χ0n) is 13.5. The number of alkyl halides is 2. The number of carbonyl (C=O) groups excluding carboxylic acids is 1. The summed E-state index contributed by atoms with van der Waals surface area (Å²) in [5.74, 6) is -0.435.